The number of carbonyl (C=O) groups is 2. The fraction of sp³-hybridized carbons (Fsp3) is 0.368. The molecule has 1 aliphatic rings. The Balaban J connectivity index is 1.73. The van der Waals surface area contributed by atoms with Crippen molar-refractivity contribution in [2.75, 3.05) is 17.3 Å². The van der Waals surface area contributed by atoms with Gasteiger partial charge >= 0.3 is 0 Å². The van der Waals surface area contributed by atoms with E-state index in [-0.39, 0.29) is 11.8 Å². The molecular formula is C19H22N2O2S. The maximum absolute atomic E-state index is 12.6. The van der Waals surface area contributed by atoms with E-state index in [1.165, 1.54) is 17.4 Å². The first-order chi connectivity index (χ1) is 11.5. The standard InChI is InChI=1S/C19H22N2O2S/c1-12-4-9-16-17(11-24-18(16)10-12)19(23)20-14-5-7-15(8-6-14)21(3)13(2)22/h5-8,11-12H,4,9-10H2,1-3H3,(H,20,23)/t12-/m1/s1. The molecule has 0 fully saturated rings. The second-order valence-electron chi connectivity index (χ2n) is 6.48. The summed E-state index contributed by atoms with van der Waals surface area (Å²) < 4.78 is 0. The Hall–Kier alpha value is -2.14. The molecule has 1 N–H and O–H groups in total. The molecule has 2 amide bonds. The van der Waals surface area contributed by atoms with Gasteiger partial charge in [-0.1, -0.05) is 6.92 Å². The zero-order valence-corrected chi connectivity index (χ0v) is 15.1. The molecule has 2 aromatic rings. The lowest BCUT2D eigenvalue weighted by Crippen LogP contribution is -2.22. The number of thiophene rings is 1. The molecule has 1 aromatic heterocycles. The summed E-state index contributed by atoms with van der Waals surface area (Å²) >= 11 is 1.70. The highest BCUT2D eigenvalue weighted by Crippen LogP contribution is 2.33. The van der Waals surface area contributed by atoms with E-state index in [0.717, 1.165) is 36.2 Å². The lowest BCUT2D eigenvalue weighted by molar-refractivity contribution is -0.116. The molecule has 0 spiro atoms. The van der Waals surface area contributed by atoms with Crippen LogP contribution < -0.4 is 10.2 Å². The largest absolute Gasteiger partial charge is 0.322 e. The van der Waals surface area contributed by atoms with E-state index >= 15 is 0 Å². The summed E-state index contributed by atoms with van der Waals surface area (Å²) in [5.74, 6) is 0.638. The summed E-state index contributed by atoms with van der Waals surface area (Å²) in [5.41, 5.74) is 3.59. The summed E-state index contributed by atoms with van der Waals surface area (Å²) in [4.78, 5) is 26.9. The molecule has 1 aromatic carbocycles. The number of nitrogens with zero attached hydrogens (tertiary/aromatic N) is 1. The fourth-order valence-corrected chi connectivity index (χ4v) is 4.26. The van der Waals surface area contributed by atoms with E-state index in [2.05, 4.69) is 12.2 Å². The molecule has 24 heavy (non-hydrogen) atoms. The van der Waals surface area contributed by atoms with Gasteiger partial charge in [0.15, 0.2) is 0 Å². The molecule has 0 saturated carbocycles. The third-order valence-corrected chi connectivity index (χ3v) is 5.68. The Kier molecular flexibility index (Phi) is 4.71. The van der Waals surface area contributed by atoms with Crippen LogP contribution in [0.15, 0.2) is 29.6 Å². The number of rotatable bonds is 3. The lowest BCUT2D eigenvalue weighted by Gasteiger charge is -2.19. The van der Waals surface area contributed by atoms with Crippen molar-refractivity contribution < 1.29 is 9.59 Å². The highest BCUT2D eigenvalue weighted by molar-refractivity contribution is 7.10. The molecule has 0 unspecified atom stereocenters. The highest BCUT2D eigenvalue weighted by Gasteiger charge is 2.23. The van der Waals surface area contributed by atoms with Crippen LogP contribution in [-0.4, -0.2) is 18.9 Å². The molecule has 0 radical (unpaired) electrons. The van der Waals surface area contributed by atoms with Crippen LogP contribution in [0.25, 0.3) is 0 Å². The SMILES string of the molecule is CC(=O)N(C)c1ccc(NC(=O)c2csc3c2CC[C@@H](C)C3)cc1. The van der Waals surface area contributed by atoms with E-state index in [4.69, 9.17) is 0 Å². The van der Waals surface area contributed by atoms with Gasteiger partial charge in [0.05, 0.1) is 5.56 Å². The van der Waals surface area contributed by atoms with Gasteiger partial charge < -0.3 is 10.2 Å². The first kappa shape index (κ1) is 16.7. The zero-order chi connectivity index (χ0) is 17.3. The van der Waals surface area contributed by atoms with Gasteiger partial charge in [0.1, 0.15) is 0 Å². The quantitative estimate of drug-likeness (QED) is 0.912. The Morgan fingerprint density at radius 1 is 1.25 bits per heavy atom. The minimum Gasteiger partial charge on any atom is -0.322 e. The molecule has 1 heterocycles. The van der Waals surface area contributed by atoms with Gasteiger partial charge in [-0.25, -0.2) is 0 Å². The normalized spacial score (nSPS) is 16.4. The Labute approximate surface area is 146 Å². The molecule has 3 rings (SSSR count). The number of amides is 2. The lowest BCUT2D eigenvalue weighted by atomic mass is 9.88. The Morgan fingerprint density at radius 3 is 2.62 bits per heavy atom. The smallest absolute Gasteiger partial charge is 0.256 e. The molecule has 4 nitrogen and oxygen atoms in total. The number of hydrogen-bond acceptors (Lipinski definition) is 3. The molecule has 1 aliphatic carbocycles. The van der Waals surface area contributed by atoms with Crippen LogP contribution >= 0.6 is 11.3 Å². The van der Waals surface area contributed by atoms with Gasteiger partial charge in [0, 0.05) is 35.6 Å². The predicted molar refractivity (Wildman–Crippen MR) is 99.0 cm³/mol. The van der Waals surface area contributed by atoms with Crippen molar-refractivity contribution in [3.8, 4) is 0 Å². The van der Waals surface area contributed by atoms with Crippen LogP contribution in [0.2, 0.25) is 0 Å². The van der Waals surface area contributed by atoms with Crippen LogP contribution in [0.4, 0.5) is 11.4 Å². The maximum atomic E-state index is 12.6. The van der Waals surface area contributed by atoms with E-state index in [1.807, 2.05) is 29.6 Å². The third-order valence-electron chi connectivity index (χ3n) is 4.63. The van der Waals surface area contributed by atoms with Crippen LogP contribution in [0.3, 0.4) is 0 Å². The van der Waals surface area contributed by atoms with Crippen molar-refractivity contribution in [3.63, 3.8) is 0 Å². The monoisotopic (exact) mass is 342 g/mol. The van der Waals surface area contributed by atoms with Crippen molar-refractivity contribution in [3.05, 3.63) is 45.6 Å². The van der Waals surface area contributed by atoms with Gasteiger partial charge in [0.25, 0.3) is 5.91 Å². The second-order valence-corrected chi connectivity index (χ2v) is 7.44. The number of carbonyl (C=O) groups excluding carboxylic acids is 2. The number of nitrogens with one attached hydrogen (secondary N) is 1. The first-order valence-corrected chi connectivity index (χ1v) is 9.08. The molecule has 0 bridgehead atoms. The molecule has 0 saturated heterocycles. The summed E-state index contributed by atoms with van der Waals surface area (Å²) in [7, 11) is 1.73. The van der Waals surface area contributed by atoms with Gasteiger partial charge in [-0.05, 0) is 55.0 Å². The van der Waals surface area contributed by atoms with Gasteiger partial charge in [0.2, 0.25) is 5.91 Å². The van der Waals surface area contributed by atoms with Gasteiger partial charge in [-0.15, -0.1) is 11.3 Å². The molecule has 0 aliphatic heterocycles. The van der Waals surface area contributed by atoms with Crippen molar-refractivity contribution in [1.82, 2.24) is 0 Å². The number of fused-ring (bicyclic) bond motifs is 1. The molecule has 5 heteroatoms. The second kappa shape index (κ2) is 6.77. The minimum atomic E-state index is -0.0466. The third kappa shape index (κ3) is 3.36. The summed E-state index contributed by atoms with van der Waals surface area (Å²) in [5, 5.41) is 4.95. The van der Waals surface area contributed by atoms with E-state index in [9.17, 15) is 9.59 Å². The highest BCUT2D eigenvalue weighted by atomic mass is 32.1. The minimum absolute atomic E-state index is 0.0223. The summed E-state index contributed by atoms with van der Waals surface area (Å²) in [6, 6.07) is 7.32. The summed E-state index contributed by atoms with van der Waals surface area (Å²) in [6.45, 7) is 3.79. The van der Waals surface area contributed by atoms with Crippen LogP contribution in [0.1, 0.15) is 41.1 Å². The van der Waals surface area contributed by atoms with Crippen LogP contribution in [0.5, 0.6) is 0 Å². The topological polar surface area (TPSA) is 49.4 Å². The first-order valence-electron chi connectivity index (χ1n) is 8.20. The van der Waals surface area contributed by atoms with E-state index in [0.29, 0.717) is 5.92 Å². The van der Waals surface area contributed by atoms with Gasteiger partial charge in [-0.2, -0.15) is 0 Å². The van der Waals surface area contributed by atoms with Crippen LogP contribution in [0, 0.1) is 5.92 Å². The van der Waals surface area contributed by atoms with E-state index < -0.39 is 0 Å². The van der Waals surface area contributed by atoms with Crippen molar-refractivity contribution in [2.45, 2.75) is 33.1 Å². The maximum Gasteiger partial charge on any atom is 0.256 e. The number of benzene rings is 1. The fourth-order valence-electron chi connectivity index (χ4n) is 3.02. The molecular weight excluding hydrogens is 320 g/mol. The van der Waals surface area contributed by atoms with Crippen LogP contribution in [-0.2, 0) is 17.6 Å². The molecule has 1 atom stereocenters. The zero-order valence-electron chi connectivity index (χ0n) is 14.3. The Bertz CT molecular complexity index is 764. The van der Waals surface area contributed by atoms with Crippen molar-refractivity contribution in [2.24, 2.45) is 5.92 Å². The number of anilines is 2. The van der Waals surface area contributed by atoms with Crippen molar-refractivity contribution >= 4 is 34.5 Å². The molecule has 126 valence electrons. The number of hydrogen-bond donors (Lipinski definition) is 1. The average Bonchev–Trinajstić information content (AvgIpc) is 2.97. The Morgan fingerprint density at radius 2 is 1.96 bits per heavy atom. The average molecular weight is 342 g/mol. The summed E-state index contributed by atoms with van der Waals surface area (Å²) in [6.07, 6.45) is 3.22. The van der Waals surface area contributed by atoms with E-state index in [1.54, 1.807) is 23.3 Å². The predicted octanol–water partition coefficient (Wildman–Crippen LogP) is 4.11. The van der Waals surface area contributed by atoms with Gasteiger partial charge in [-0.3, -0.25) is 9.59 Å². The van der Waals surface area contributed by atoms with Crippen molar-refractivity contribution in [1.29, 1.82) is 0 Å².